The highest BCUT2D eigenvalue weighted by molar-refractivity contribution is 8.14. The first-order valence-corrected chi connectivity index (χ1v) is 8.23. The van der Waals surface area contributed by atoms with Crippen molar-refractivity contribution in [1.29, 1.82) is 0 Å². The zero-order chi connectivity index (χ0) is 12.3. The van der Waals surface area contributed by atoms with E-state index >= 15 is 0 Å². The normalized spacial score (nSPS) is 38.9. The predicted octanol–water partition coefficient (Wildman–Crippen LogP) is 4.65. The monoisotopic (exact) mass is 254 g/mol. The van der Waals surface area contributed by atoms with Crippen LogP contribution in [0.5, 0.6) is 0 Å². The van der Waals surface area contributed by atoms with E-state index in [2.05, 4.69) is 13.8 Å². The molecule has 1 nitrogen and oxygen atoms in total. The fraction of sp³-hybridized carbons (Fsp3) is 0.933. The van der Waals surface area contributed by atoms with Gasteiger partial charge in [-0.15, -0.1) is 0 Å². The Morgan fingerprint density at radius 3 is 1.82 bits per heavy atom. The van der Waals surface area contributed by atoms with E-state index in [0.29, 0.717) is 16.3 Å². The smallest absolute Gasteiger partial charge is 0.192 e. The van der Waals surface area contributed by atoms with Gasteiger partial charge in [0.2, 0.25) is 0 Å². The van der Waals surface area contributed by atoms with E-state index in [9.17, 15) is 4.79 Å². The third-order valence-electron chi connectivity index (χ3n) is 4.59. The van der Waals surface area contributed by atoms with Crippen LogP contribution < -0.4 is 0 Å². The zero-order valence-electron chi connectivity index (χ0n) is 11.3. The molecule has 0 amide bonds. The van der Waals surface area contributed by atoms with E-state index in [0.717, 1.165) is 24.7 Å². The van der Waals surface area contributed by atoms with E-state index < -0.39 is 0 Å². The molecule has 0 aromatic carbocycles. The van der Waals surface area contributed by atoms with Crippen molar-refractivity contribution in [3.63, 3.8) is 0 Å². The second-order valence-electron chi connectivity index (χ2n) is 6.28. The van der Waals surface area contributed by atoms with Gasteiger partial charge in [-0.05, 0) is 63.2 Å². The number of carbonyl (C=O) groups is 1. The number of hydrogen-bond acceptors (Lipinski definition) is 2. The summed E-state index contributed by atoms with van der Waals surface area (Å²) < 4.78 is 0. The summed E-state index contributed by atoms with van der Waals surface area (Å²) in [5.74, 6) is 2.12. The van der Waals surface area contributed by atoms with Crippen LogP contribution in [0.15, 0.2) is 0 Å². The van der Waals surface area contributed by atoms with Crippen LogP contribution in [-0.2, 0) is 4.79 Å². The van der Waals surface area contributed by atoms with E-state index in [4.69, 9.17) is 0 Å². The highest BCUT2D eigenvalue weighted by Gasteiger charge is 2.28. The van der Waals surface area contributed by atoms with Gasteiger partial charge in [0.05, 0.1) is 0 Å². The fourth-order valence-corrected chi connectivity index (χ4v) is 4.37. The van der Waals surface area contributed by atoms with Crippen LogP contribution in [0.1, 0.15) is 65.2 Å². The minimum atomic E-state index is 0.385. The molecule has 2 aliphatic carbocycles. The third kappa shape index (κ3) is 4.01. The molecular weight excluding hydrogens is 228 g/mol. The Bertz CT molecular complexity index is 248. The van der Waals surface area contributed by atoms with E-state index in [-0.39, 0.29) is 0 Å². The van der Waals surface area contributed by atoms with Crippen molar-refractivity contribution < 1.29 is 4.79 Å². The molecule has 0 saturated heterocycles. The molecule has 0 atom stereocenters. The topological polar surface area (TPSA) is 17.1 Å². The van der Waals surface area contributed by atoms with Gasteiger partial charge in [-0.3, -0.25) is 4.79 Å². The summed E-state index contributed by atoms with van der Waals surface area (Å²) in [6, 6.07) is 0. The summed E-state index contributed by atoms with van der Waals surface area (Å²) in [7, 11) is 0. The SMILES string of the molecule is CC1CCC(SC(=O)C2CCC(C)CC2)CC1. The molecule has 0 spiro atoms. The molecule has 2 rings (SSSR count). The lowest BCUT2D eigenvalue weighted by atomic mass is 9.84. The van der Waals surface area contributed by atoms with Crippen molar-refractivity contribution in [1.82, 2.24) is 0 Å². The molecule has 2 aliphatic rings. The van der Waals surface area contributed by atoms with Crippen molar-refractivity contribution in [3.05, 3.63) is 0 Å². The summed E-state index contributed by atoms with van der Waals surface area (Å²) in [6.07, 6.45) is 10.0. The Labute approximate surface area is 110 Å². The first kappa shape index (κ1) is 13.5. The van der Waals surface area contributed by atoms with Gasteiger partial charge < -0.3 is 0 Å². The van der Waals surface area contributed by atoms with E-state index in [1.54, 1.807) is 11.8 Å². The minimum Gasteiger partial charge on any atom is -0.287 e. The van der Waals surface area contributed by atoms with Gasteiger partial charge in [-0.1, -0.05) is 25.6 Å². The van der Waals surface area contributed by atoms with Crippen molar-refractivity contribution in [2.45, 2.75) is 70.5 Å². The lowest BCUT2D eigenvalue weighted by molar-refractivity contribution is -0.115. The van der Waals surface area contributed by atoms with E-state index in [1.165, 1.54) is 38.5 Å². The molecule has 0 aromatic rings. The number of carbonyl (C=O) groups excluding carboxylic acids is 1. The molecule has 0 heterocycles. The molecule has 0 aliphatic heterocycles. The Morgan fingerprint density at radius 2 is 1.29 bits per heavy atom. The van der Waals surface area contributed by atoms with Crippen LogP contribution in [0, 0.1) is 17.8 Å². The summed E-state index contributed by atoms with van der Waals surface area (Å²) in [5.41, 5.74) is 0. The molecule has 2 saturated carbocycles. The first-order valence-electron chi connectivity index (χ1n) is 7.35. The van der Waals surface area contributed by atoms with Crippen LogP contribution in [0.25, 0.3) is 0 Å². The highest BCUT2D eigenvalue weighted by atomic mass is 32.2. The largest absolute Gasteiger partial charge is 0.287 e. The summed E-state index contributed by atoms with van der Waals surface area (Å²) >= 11 is 1.69. The molecule has 0 bridgehead atoms. The second-order valence-corrected chi connectivity index (χ2v) is 7.58. The van der Waals surface area contributed by atoms with Crippen LogP contribution >= 0.6 is 11.8 Å². The Morgan fingerprint density at radius 1 is 0.824 bits per heavy atom. The Balaban J connectivity index is 1.73. The van der Waals surface area contributed by atoms with Gasteiger partial charge in [-0.2, -0.15) is 0 Å². The average Bonchev–Trinajstić information content (AvgIpc) is 2.33. The maximum absolute atomic E-state index is 12.2. The van der Waals surface area contributed by atoms with Crippen LogP contribution in [0.4, 0.5) is 0 Å². The van der Waals surface area contributed by atoms with Crippen LogP contribution in [-0.4, -0.2) is 10.4 Å². The summed E-state index contributed by atoms with van der Waals surface area (Å²) in [4.78, 5) is 12.2. The molecule has 0 aromatic heterocycles. The zero-order valence-corrected chi connectivity index (χ0v) is 12.1. The van der Waals surface area contributed by atoms with Gasteiger partial charge in [0, 0.05) is 11.2 Å². The molecule has 0 N–H and O–H groups in total. The van der Waals surface area contributed by atoms with E-state index in [1.807, 2.05) is 0 Å². The fourth-order valence-electron chi connectivity index (χ4n) is 3.10. The number of thioether (sulfide) groups is 1. The lowest BCUT2D eigenvalue weighted by Crippen LogP contribution is -2.22. The Kier molecular flexibility index (Phi) is 4.96. The molecular formula is C15H26OS. The predicted molar refractivity (Wildman–Crippen MR) is 75.1 cm³/mol. The molecule has 98 valence electrons. The van der Waals surface area contributed by atoms with Crippen molar-refractivity contribution >= 4 is 16.9 Å². The van der Waals surface area contributed by atoms with Gasteiger partial charge in [0.25, 0.3) is 0 Å². The number of rotatable bonds is 2. The first-order chi connectivity index (χ1) is 8.15. The quantitative estimate of drug-likeness (QED) is 0.713. The van der Waals surface area contributed by atoms with Gasteiger partial charge in [0.15, 0.2) is 5.12 Å². The van der Waals surface area contributed by atoms with Crippen molar-refractivity contribution in [2.24, 2.45) is 17.8 Å². The molecule has 2 heteroatoms. The Hall–Kier alpha value is 0.0200. The summed E-state index contributed by atoms with van der Waals surface area (Å²) in [5, 5.41) is 1.15. The van der Waals surface area contributed by atoms with Gasteiger partial charge in [-0.25, -0.2) is 0 Å². The molecule has 2 fully saturated rings. The molecule has 17 heavy (non-hydrogen) atoms. The molecule has 0 radical (unpaired) electrons. The average molecular weight is 254 g/mol. The standard InChI is InChI=1S/C15H26OS/c1-11-3-7-13(8-4-11)15(16)17-14-9-5-12(2)6-10-14/h11-14H,3-10H2,1-2H3. The maximum Gasteiger partial charge on any atom is 0.192 e. The van der Waals surface area contributed by atoms with Crippen LogP contribution in [0.3, 0.4) is 0 Å². The summed E-state index contributed by atoms with van der Waals surface area (Å²) in [6.45, 7) is 4.65. The van der Waals surface area contributed by atoms with Gasteiger partial charge in [0.1, 0.15) is 0 Å². The van der Waals surface area contributed by atoms with Crippen molar-refractivity contribution in [2.75, 3.05) is 0 Å². The third-order valence-corrected chi connectivity index (χ3v) is 5.97. The lowest BCUT2D eigenvalue weighted by Gasteiger charge is -2.28. The minimum absolute atomic E-state index is 0.385. The van der Waals surface area contributed by atoms with Crippen molar-refractivity contribution in [3.8, 4) is 0 Å². The highest BCUT2D eigenvalue weighted by Crippen LogP contribution is 2.37. The number of hydrogen-bond donors (Lipinski definition) is 0. The molecule has 0 unspecified atom stereocenters. The van der Waals surface area contributed by atoms with Gasteiger partial charge >= 0.3 is 0 Å². The van der Waals surface area contributed by atoms with Crippen LogP contribution in [0.2, 0.25) is 0 Å². The maximum atomic E-state index is 12.2. The second kappa shape index (κ2) is 6.26.